The lowest BCUT2D eigenvalue weighted by atomic mass is 9.94. The van der Waals surface area contributed by atoms with Crippen LogP contribution in [0.5, 0.6) is 0 Å². The predicted molar refractivity (Wildman–Crippen MR) is 105 cm³/mol. The number of rotatable bonds is 4. The Kier molecular flexibility index (Phi) is 5.83. The average Bonchev–Trinajstić information content (AvgIpc) is 3.31. The van der Waals surface area contributed by atoms with Crippen LogP contribution in [-0.4, -0.2) is 53.0 Å². The first-order chi connectivity index (χ1) is 13.6. The highest BCUT2D eigenvalue weighted by atomic mass is 19.1. The van der Waals surface area contributed by atoms with Crippen molar-refractivity contribution in [1.29, 1.82) is 0 Å². The van der Waals surface area contributed by atoms with Gasteiger partial charge in [0.25, 0.3) is 0 Å². The maximum atomic E-state index is 13.1. The Labute approximate surface area is 166 Å². The minimum atomic E-state index is -0.388. The van der Waals surface area contributed by atoms with Crippen molar-refractivity contribution in [3.05, 3.63) is 35.6 Å². The van der Waals surface area contributed by atoms with Gasteiger partial charge in [0.15, 0.2) is 0 Å². The Bertz CT molecular complexity index is 702. The predicted octanol–water partition coefficient (Wildman–Crippen LogP) is 3.48. The van der Waals surface area contributed by atoms with E-state index in [1.165, 1.54) is 31.4 Å². The van der Waals surface area contributed by atoms with E-state index in [-0.39, 0.29) is 29.8 Å². The van der Waals surface area contributed by atoms with E-state index in [9.17, 15) is 14.0 Å². The Morgan fingerprint density at radius 1 is 1.00 bits per heavy atom. The first-order valence-corrected chi connectivity index (χ1v) is 10.7. The number of benzene rings is 1. The van der Waals surface area contributed by atoms with Gasteiger partial charge in [0.2, 0.25) is 5.91 Å². The van der Waals surface area contributed by atoms with Crippen LogP contribution in [0.25, 0.3) is 0 Å². The molecule has 2 saturated heterocycles. The Morgan fingerprint density at radius 3 is 2.50 bits per heavy atom. The fraction of sp³-hybridized carbons (Fsp3) is 0.636. The van der Waals surface area contributed by atoms with Crippen LogP contribution in [0.15, 0.2) is 24.3 Å². The van der Waals surface area contributed by atoms with Gasteiger partial charge in [-0.15, -0.1) is 0 Å². The third-order valence-electron chi connectivity index (χ3n) is 6.58. The zero-order chi connectivity index (χ0) is 19.5. The second-order valence-electron chi connectivity index (χ2n) is 8.43. The highest BCUT2D eigenvalue weighted by Gasteiger charge is 2.38. The first-order valence-electron chi connectivity index (χ1n) is 10.7. The van der Waals surface area contributed by atoms with Gasteiger partial charge in [0.1, 0.15) is 11.9 Å². The third-order valence-corrected chi connectivity index (χ3v) is 6.58. The van der Waals surface area contributed by atoms with Gasteiger partial charge in [-0.05, 0) is 56.2 Å². The topological polar surface area (TPSA) is 52.7 Å². The van der Waals surface area contributed by atoms with E-state index in [2.05, 4.69) is 5.32 Å². The molecule has 0 spiro atoms. The van der Waals surface area contributed by atoms with Crippen molar-refractivity contribution >= 4 is 11.9 Å². The van der Waals surface area contributed by atoms with Crippen molar-refractivity contribution in [3.8, 4) is 0 Å². The number of nitrogens with one attached hydrogen (secondary N) is 1. The number of hydrogen-bond donors (Lipinski definition) is 1. The van der Waals surface area contributed by atoms with E-state index in [1.54, 1.807) is 12.1 Å². The summed E-state index contributed by atoms with van der Waals surface area (Å²) in [5.41, 5.74) is 1.03. The van der Waals surface area contributed by atoms with Crippen LogP contribution in [0.3, 0.4) is 0 Å². The monoisotopic (exact) mass is 387 g/mol. The van der Waals surface area contributed by atoms with Crippen LogP contribution < -0.4 is 5.32 Å². The van der Waals surface area contributed by atoms with E-state index < -0.39 is 0 Å². The maximum Gasteiger partial charge on any atom is 0.318 e. The van der Waals surface area contributed by atoms with Gasteiger partial charge in [-0.3, -0.25) is 4.79 Å². The quantitative estimate of drug-likeness (QED) is 0.860. The summed E-state index contributed by atoms with van der Waals surface area (Å²) in [7, 11) is 0. The molecule has 4 rings (SSSR count). The molecule has 152 valence electrons. The molecule has 28 heavy (non-hydrogen) atoms. The van der Waals surface area contributed by atoms with Gasteiger partial charge >= 0.3 is 6.03 Å². The summed E-state index contributed by atoms with van der Waals surface area (Å²) in [6.45, 7) is 1.47. The fourth-order valence-corrected chi connectivity index (χ4v) is 5.03. The number of likely N-dealkylation sites (tertiary alicyclic amines) is 2. The van der Waals surface area contributed by atoms with Crippen molar-refractivity contribution in [3.63, 3.8) is 0 Å². The van der Waals surface area contributed by atoms with Crippen LogP contribution >= 0.6 is 0 Å². The minimum Gasteiger partial charge on any atom is -0.338 e. The highest BCUT2D eigenvalue weighted by Crippen LogP contribution is 2.27. The van der Waals surface area contributed by atoms with Crippen molar-refractivity contribution in [1.82, 2.24) is 15.1 Å². The number of amides is 3. The number of nitrogens with zero attached hydrogens (tertiary/aromatic N) is 2. The van der Waals surface area contributed by atoms with Gasteiger partial charge < -0.3 is 15.1 Å². The van der Waals surface area contributed by atoms with Crippen LogP contribution in [-0.2, 0) is 11.2 Å². The molecule has 2 atom stereocenters. The van der Waals surface area contributed by atoms with Crippen molar-refractivity contribution in [2.24, 2.45) is 0 Å². The normalized spacial score (nSPS) is 26.1. The molecule has 1 aromatic carbocycles. The Morgan fingerprint density at radius 2 is 1.75 bits per heavy atom. The number of carbonyl (C=O) groups is 2. The smallest absolute Gasteiger partial charge is 0.318 e. The van der Waals surface area contributed by atoms with E-state index in [4.69, 9.17) is 0 Å². The van der Waals surface area contributed by atoms with Gasteiger partial charge in [-0.25, -0.2) is 9.18 Å². The number of hydrogen-bond acceptors (Lipinski definition) is 2. The summed E-state index contributed by atoms with van der Waals surface area (Å²) in [6.07, 6.45) is 9.19. The summed E-state index contributed by atoms with van der Waals surface area (Å²) in [5, 5.41) is 3.00. The van der Waals surface area contributed by atoms with Crippen LogP contribution in [0.4, 0.5) is 9.18 Å². The highest BCUT2D eigenvalue weighted by molar-refractivity contribution is 5.89. The zero-order valence-corrected chi connectivity index (χ0v) is 16.4. The van der Waals surface area contributed by atoms with Gasteiger partial charge in [0, 0.05) is 25.2 Å². The number of carbonyl (C=O) groups excluding carboxylic acids is 2. The van der Waals surface area contributed by atoms with Crippen LogP contribution in [0, 0.1) is 5.82 Å². The SMILES string of the molecule is O=C(NC1CCN(C2CCCCC2)C1=O)N1CCCC1Cc1ccc(F)cc1. The largest absolute Gasteiger partial charge is 0.338 e. The average molecular weight is 387 g/mol. The van der Waals surface area contributed by atoms with Crippen molar-refractivity contribution in [2.45, 2.75) is 75.9 Å². The second kappa shape index (κ2) is 8.50. The number of urea groups is 1. The standard InChI is InChI=1S/C22H30FN3O2/c23-17-10-8-16(9-11-17)15-19-7-4-13-26(19)22(28)24-20-12-14-25(21(20)27)18-5-2-1-3-6-18/h8-11,18-20H,1-7,12-15H2,(H,24,28). The Balaban J connectivity index is 1.33. The lowest BCUT2D eigenvalue weighted by Gasteiger charge is -2.31. The molecule has 3 fully saturated rings. The van der Waals surface area contributed by atoms with Crippen LogP contribution in [0.1, 0.15) is 56.9 Å². The van der Waals surface area contributed by atoms with Gasteiger partial charge in [0.05, 0.1) is 0 Å². The van der Waals surface area contributed by atoms with E-state index in [1.807, 2.05) is 9.80 Å². The molecular weight excluding hydrogens is 357 g/mol. The molecular formula is C22H30FN3O2. The molecule has 2 aliphatic heterocycles. The molecule has 3 amide bonds. The summed E-state index contributed by atoms with van der Waals surface area (Å²) >= 11 is 0. The molecule has 0 radical (unpaired) electrons. The summed E-state index contributed by atoms with van der Waals surface area (Å²) < 4.78 is 13.1. The second-order valence-corrected chi connectivity index (χ2v) is 8.43. The first kappa shape index (κ1) is 19.2. The molecule has 0 bridgehead atoms. The van der Waals surface area contributed by atoms with Gasteiger partial charge in [-0.2, -0.15) is 0 Å². The molecule has 1 aliphatic carbocycles. The molecule has 5 nitrogen and oxygen atoms in total. The van der Waals surface area contributed by atoms with E-state index >= 15 is 0 Å². The van der Waals surface area contributed by atoms with Crippen molar-refractivity contribution in [2.75, 3.05) is 13.1 Å². The molecule has 0 aromatic heterocycles. The molecule has 6 heteroatoms. The maximum absolute atomic E-state index is 13.1. The fourth-order valence-electron chi connectivity index (χ4n) is 5.03. The summed E-state index contributed by atoms with van der Waals surface area (Å²) in [4.78, 5) is 29.6. The molecule has 1 saturated carbocycles. The van der Waals surface area contributed by atoms with E-state index in [0.717, 1.165) is 44.2 Å². The summed E-state index contributed by atoms with van der Waals surface area (Å²) in [5.74, 6) is -0.151. The van der Waals surface area contributed by atoms with Crippen molar-refractivity contribution < 1.29 is 14.0 Å². The summed E-state index contributed by atoms with van der Waals surface area (Å²) in [6, 6.07) is 6.45. The van der Waals surface area contributed by atoms with Crippen LogP contribution in [0.2, 0.25) is 0 Å². The Hall–Kier alpha value is -2.11. The van der Waals surface area contributed by atoms with E-state index in [0.29, 0.717) is 19.0 Å². The third kappa shape index (κ3) is 4.15. The zero-order valence-electron chi connectivity index (χ0n) is 16.4. The lowest BCUT2D eigenvalue weighted by molar-refractivity contribution is -0.131. The molecule has 2 heterocycles. The minimum absolute atomic E-state index is 0.0922. The molecule has 3 aliphatic rings. The molecule has 1 aromatic rings. The molecule has 2 unspecified atom stereocenters. The molecule has 1 N–H and O–H groups in total. The number of halogens is 1. The lowest BCUT2D eigenvalue weighted by Crippen LogP contribution is -2.50. The van der Waals surface area contributed by atoms with Gasteiger partial charge in [-0.1, -0.05) is 31.4 Å².